The van der Waals surface area contributed by atoms with Crippen molar-refractivity contribution in [2.75, 3.05) is 50.1 Å². The molecule has 2 bridgehead atoms. The molecule has 0 aliphatic carbocycles. The van der Waals surface area contributed by atoms with E-state index in [2.05, 4.69) is 14.7 Å². The van der Waals surface area contributed by atoms with Crippen LogP contribution in [-0.4, -0.2) is 95.0 Å². The van der Waals surface area contributed by atoms with Gasteiger partial charge in [0, 0.05) is 43.2 Å². The number of likely N-dealkylation sites (N-methyl/N-ethyl adjacent to an activating group) is 1. The zero-order chi connectivity index (χ0) is 31.8. The number of ether oxygens (including phenoxy) is 1. The number of halogens is 2. The third-order valence-electron chi connectivity index (χ3n) is 9.23. The number of anilines is 2. The number of hydrogen-bond donors (Lipinski definition) is 1. The van der Waals surface area contributed by atoms with E-state index in [1.54, 1.807) is 18.2 Å². The maximum Gasteiger partial charge on any atom is 0.410 e. The van der Waals surface area contributed by atoms with Crippen LogP contribution in [0.5, 0.6) is 5.75 Å². The van der Waals surface area contributed by atoms with Crippen LogP contribution in [-0.2, 0) is 4.74 Å². The van der Waals surface area contributed by atoms with Gasteiger partial charge in [-0.25, -0.2) is 14.2 Å². The van der Waals surface area contributed by atoms with Crippen LogP contribution in [0.2, 0.25) is 5.02 Å². The van der Waals surface area contributed by atoms with Crippen molar-refractivity contribution in [1.82, 2.24) is 19.8 Å². The lowest BCUT2D eigenvalue weighted by molar-refractivity contribution is 0.0123. The van der Waals surface area contributed by atoms with Gasteiger partial charge in [0.2, 0.25) is 5.95 Å². The van der Waals surface area contributed by atoms with Gasteiger partial charge < -0.3 is 24.5 Å². The molecular formula is C34H38ClFN6O3. The Hall–Kier alpha value is -3.89. The van der Waals surface area contributed by atoms with Crippen molar-refractivity contribution in [3.8, 4) is 16.9 Å². The number of phenolic OH excluding ortho intramolecular Hbond substituents is 1. The summed E-state index contributed by atoms with van der Waals surface area (Å²) in [4.78, 5) is 31.2. The molecule has 45 heavy (non-hydrogen) atoms. The molecule has 236 valence electrons. The number of carbonyl (C=O) groups is 1. The highest BCUT2D eigenvalue weighted by Gasteiger charge is 2.45. The fourth-order valence-corrected chi connectivity index (χ4v) is 7.23. The van der Waals surface area contributed by atoms with Gasteiger partial charge in [-0.05, 0) is 82.2 Å². The number of aromatic nitrogens is 2. The molecule has 4 heterocycles. The van der Waals surface area contributed by atoms with Gasteiger partial charge in [-0.15, -0.1) is 0 Å². The van der Waals surface area contributed by atoms with Crippen LogP contribution in [0.25, 0.3) is 32.8 Å². The number of phenols is 1. The first kappa shape index (κ1) is 29.8. The molecule has 7 rings (SSSR count). The zero-order valence-electron chi connectivity index (χ0n) is 26.2. The van der Waals surface area contributed by atoms with Crippen LogP contribution in [0.4, 0.5) is 21.0 Å². The summed E-state index contributed by atoms with van der Waals surface area (Å²) in [5.41, 5.74) is 0.283. The molecule has 11 heteroatoms. The molecule has 0 radical (unpaired) electrons. The first-order chi connectivity index (χ1) is 21.4. The number of carbonyl (C=O) groups excluding carboxylic acids is 1. The molecule has 3 saturated heterocycles. The largest absolute Gasteiger partial charge is 0.508 e. The van der Waals surface area contributed by atoms with Crippen LogP contribution >= 0.6 is 11.6 Å². The van der Waals surface area contributed by atoms with E-state index in [-0.39, 0.29) is 40.0 Å². The predicted octanol–water partition coefficient (Wildman–Crippen LogP) is 6.29. The molecule has 3 aromatic carbocycles. The van der Waals surface area contributed by atoms with Crippen LogP contribution in [0.3, 0.4) is 0 Å². The lowest BCUT2D eigenvalue weighted by Crippen LogP contribution is -2.58. The summed E-state index contributed by atoms with van der Waals surface area (Å²) in [5.74, 6) is 0.540. The topological polar surface area (TPSA) is 85.3 Å². The van der Waals surface area contributed by atoms with Gasteiger partial charge >= 0.3 is 6.09 Å². The average molecular weight is 633 g/mol. The second kappa shape index (κ2) is 10.9. The normalized spacial score (nSPS) is 20.4. The second-order valence-corrected chi connectivity index (χ2v) is 14.1. The minimum absolute atomic E-state index is 0.0250. The van der Waals surface area contributed by atoms with Gasteiger partial charge in [-0.3, -0.25) is 4.90 Å². The number of rotatable bonds is 4. The minimum Gasteiger partial charge on any atom is -0.508 e. The summed E-state index contributed by atoms with van der Waals surface area (Å²) < 4.78 is 22.7. The van der Waals surface area contributed by atoms with E-state index in [4.69, 9.17) is 26.3 Å². The van der Waals surface area contributed by atoms with Gasteiger partial charge in [0.1, 0.15) is 22.7 Å². The van der Waals surface area contributed by atoms with Gasteiger partial charge in [-0.1, -0.05) is 35.9 Å². The number of nitrogens with zero attached hydrogens (tertiary/aromatic N) is 6. The van der Waals surface area contributed by atoms with Crippen LogP contribution < -0.4 is 9.80 Å². The van der Waals surface area contributed by atoms with E-state index < -0.39 is 11.4 Å². The summed E-state index contributed by atoms with van der Waals surface area (Å²) >= 11 is 6.92. The van der Waals surface area contributed by atoms with Crippen molar-refractivity contribution >= 4 is 51.1 Å². The molecule has 1 aromatic heterocycles. The monoisotopic (exact) mass is 632 g/mol. The quantitative estimate of drug-likeness (QED) is 0.281. The SMILES string of the molecule is CN(C)C1CN(c2nc(N3CC4CCC(C3)N4C(=O)OC(C)(C)C)c3cc(Cl)c(-c4cc(O)cc5ccccc45)c(F)c3n2)C1. The molecule has 0 spiro atoms. The van der Waals surface area contributed by atoms with Gasteiger partial charge in [0.15, 0.2) is 5.82 Å². The summed E-state index contributed by atoms with van der Waals surface area (Å²) in [7, 11) is 4.09. The molecule has 1 N–H and O–H groups in total. The number of fused-ring (bicyclic) bond motifs is 4. The van der Waals surface area contributed by atoms with E-state index in [9.17, 15) is 9.90 Å². The fourth-order valence-electron chi connectivity index (χ4n) is 6.93. The smallest absolute Gasteiger partial charge is 0.410 e. The number of amides is 1. The highest BCUT2D eigenvalue weighted by Crippen LogP contribution is 2.44. The number of piperazine rings is 1. The van der Waals surface area contributed by atoms with E-state index in [1.165, 1.54) is 0 Å². The Labute approximate surface area is 267 Å². The molecule has 3 fully saturated rings. The first-order valence-electron chi connectivity index (χ1n) is 15.5. The van der Waals surface area contributed by atoms with E-state index in [1.807, 2.05) is 64.0 Å². The Kier molecular flexibility index (Phi) is 7.20. The van der Waals surface area contributed by atoms with Crippen LogP contribution in [0, 0.1) is 5.82 Å². The van der Waals surface area contributed by atoms with Crippen molar-refractivity contribution in [3.63, 3.8) is 0 Å². The average Bonchev–Trinajstić information content (AvgIpc) is 3.20. The molecule has 3 aliphatic heterocycles. The van der Waals surface area contributed by atoms with Crippen molar-refractivity contribution in [1.29, 1.82) is 0 Å². The van der Waals surface area contributed by atoms with Crippen LogP contribution in [0.1, 0.15) is 33.6 Å². The molecule has 0 saturated carbocycles. The summed E-state index contributed by atoms with van der Waals surface area (Å²) in [6.07, 6.45) is 1.42. The Morgan fingerprint density at radius 2 is 1.69 bits per heavy atom. The first-order valence-corrected chi connectivity index (χ1v) is 15.8. The summed E-state index contributed by atoms with van der Waals surface area (Å²) in [6, 6.07) is 12.7. The molecule has 4 aromatic rings. The lowest BCUT2D eigenvalue weighted by Gasteiger charge is -2.44. The van der Waals surface area contributed by atoms with Crippen molar-refractivity contribution in [2.45, 2.75) is 57.3 Å². The van der Waals surface area contributed by atoms with E-state index >= 15 is 4.39 Å². The van der Waals surface area contributed by atoms with Gasteiger partial charge in [0.25, 0.3) is 0 Å². The predicted molar refractivity (Wildman–Crippen MR) is 176 cm³/mol. The van der Waals surface area contributed by atoms with Crippen LogP contribution in [0.15, 0.2) is 42.5 Å². The van der Waals surface area contributed by atoms with Gasteiger partial charge in [0.05, 0.1) is 17.1 Å². The summed E-state index contributed by atoms with van der Waals surface area (Å²) in [5, 5.41) is 12.8. The highest BCUT2D eigenvalue weighted by atomic mass is 35.5. The standard InChI is InChI=1S/C34H38ClFN6O3/c1-34(2,3)45-33(44)42-20-10-11-21(42)16-40(15-20)31-26-14-27(35)28(25-13-23(43)12-19-8-6-7-9-24(19)25)29(36)30(26)37-32(38-31)41-17-22(18-41)39(4)5/h6-9,12-14,20-22,43H,10-11,15-18H2,1-5H3. The second-order valence-electron chi connectivity index (χ2n) is 13.7. The Bertz CT molecular complexity index is 1810. The maximum absolute atomic E-state index is 16.9. The summed E-state index contributed by atoms with van der Waals surface area (Å²) in [6.45, 7) is 8.17. The molecule has 9 nitrogen and oxygen atoms in total. The Balaban J connectivity index is 1.34. The highest BCUT2D eigenvalue weighted by molar-refractivity contribution is 6.35. The Morgan fingerprint density at radius 3 is 2.36 bits per heavy atom. The van der Waals surface area contributed by atoms with E-state index in [0.717, 1.165) is 36.7 Å². The van der Waals surface area contributed by atoms with E-state index in [0.29, 0.717) is 41.8 Å². The minimum atomic E-state index is -0.583. The third-order valence-corrected chi connectivity index (χ3v) is 9.53. The van der Waals surface area contributed by atoms with Crippen molar-refractivity contribution in [3.05, 3.63) is 53.3 Å². The Morgan fingerprint density at radius 1 is 1.00 bits per heavy atom. The lowest BCUT2D eigenvalue weighted by atomic mass is 9.96. The molecule has 3 aliphatic rings. The number of hydrogen-bond acceptors (Lipinski definition) is 8. The maximum atomic E-state index is 16.9. The fraction of sp³-hybridized carbons (Fsp3) is 0.441. The van der Waals surface area contributed by atoms with Crippen molar-refractivity contribution < 1.29 is 19.0 Å². The van der Waals surface area contributed by atoms with Crippen molar-refractivity contribution in [2.24, 2.45) is 0 Å². The molecule has 2 unspecified atom stereocenters. The molecular weight excluding hydrogens is 595 g/mol. The molecule has 1 amide bonds. The number of aromatic hydroxyl groups is 1. The number of benzene rings is 3. The molecule has 2 atom stereocenters. The van der Waals surface area contributed by atoms with Gasteiger partial charge in [-0.2, -0.15) is 4.98 Å². The third kappa shape index (κ3) is 5.27. The zero-order valence-corrected chi connectivity index (χ0v) is 27.0.